The summed E-state index contributed by atoms with van der Waals surface area (Å²) < 4.78 is 33.7. The lowest BCUT2D eigenvalue weighted by molar-refractivity contribution is 0.0862. The zero-order valence-electron chi connectivity index (χ0n) is 13.2. The molecule has 0 N–H and O–H groups in total. The van der Waals surface area contributed by atoms with Crippen molar-refractivity contribution in [3.63, 3.8) is 0 Å². The molecule has 5 heteroatoms. The van der Waals surface area contributed by atoms with Crippen LogP contribution in [0.15, 0.2) is 61.2 Å². The number of benzene rings is 2. The molecule has 0 aliphatic carbocycles. The molecule has 1 aliphatic heterocycles. The van der Waals surface area contributed by atoms with Gasteiger partial charge in [-0.3, -0.25) is 0 Å². The number of ether oxygens (including phenoxy) is 1. The van der Waals surface area contributed by atoms with Crippen LogP contribution in [0.3, 0.4) is 0 Å². The minimum absolute atomic E-state index is 0.0189. The Labute approximate surface area is 144 Å². The predicted molar refractivity (Wildman–Crippen MR) is 87.0 cm³/mol. The van der Waals surface area contributed by atoms with E-state index in [1.807, 2.05) is 12.1 Å². The first-order valence-electron chi connectivity index (χ1n) is 7.63. The second kappa shape index (κ2) is 6.12. The van der Waals surface area contributed by atoms with Crippen LogP contribution in [-0.4, -0.2) is 6.61 Å². The molecule has 0 bridgehead atoms. The molecule has 1 aliphatic rings. The van der Waals surface area contributed by atoms with Crippen LogP contribution in [-0.2, 0) is 10.2 Å². The van der Waals surface area contributed by atoms with E-state index in [1.54, 1.807) is 30.3 Å². The van der Waals surface area contributed by atoms with Crippen LogP contribution in [0.1, 0.15) is 17.2 Å². The van der Waals surface area contributed by atoms with Crippen LogP contribution in [0.25, 0.3) is 0 Å². The number of hydrogen-bond acceptors (Lipinski definition) is 3. The van der Waals surface area contributed by atoms with Crippen molar-refractivity contribution in [2.75, 3.05) is 6.61 Å². The van der Waals surface area contributed by atoms with Gasteiger partial charge in [0.2, 0.25) is 0 Å². The van der Waals surface area contributed by atoms with E-state index in [1.165, 1.54) is 12.1 Å². The van der Waals surface area contributed by atoms with Crippen molar-refractivity contribution in [1.82, 2.24) is 0 Å². The van der Waals surface area contributed by atoms with Gasteiger partial charge in [-0.2, -0.15) is 10.5 Å². The first-order chi connectivity index (χ1) is 12.0. The minimum atomic E-state index is -1.74. The molecule has 0 unspecified atom stereocenters. The molecular weight excluding hydrogens is 322 g/mol. The highest BCUT2D eigenvalue weighted by molar-refractivity contribution is 5.48. The number of halogens is 2. The van der Waals surface area contributed by atoms with Crippen molar-refractivity contribution in [1.29, 1.82) is 10.5 Å². The Bertz CT molecular complexity index is 884. The van der Waals surface area contributed by atoms with E-state index in [0.29, 0.717) is 5.56 Å². The number of rotatable bonds is 3. The van der Waals surface area contributed by atoms with Gasteiger partial charge in [0.1, 0.15) is 17.7 Å². The van der Waals surface area contributed by atoms with Crippen molar-refractivity contribution in [3.8, 4) is 12.1 Å². The molecule has 0 aromatic heterocycles. The third-order valence-electron chi connectivity index (χ3n) is 4.79. The van der Waals surface area contributed by atoms with Gasteiger partial charge < -0.3 is 4.74 Å². The second-order valence-electron chi connectivity index (χ2n) is 5.93. The maximum absolute atomic E-state index is 14.5. The van der Waals surface area contributed by atoms with Gasteiger partial charge in [-0.05, 0) is 11.6 Å². The van der Waals surface area contributed by atoms with Gasteiger partial charge >= 0.3 is 0 Å². The van der Waals surface area contributed by atoms with Crippen LogP contribution >= 0.6 is 0 Å². The predicted octanol–water partition coefficient (Wildman–Crippen LogP) is 4.19. The van der Waals surface area contributed by atoms with Crippen LogP contribution in [0.5, 0.6) is 0 Å². The summed E-state index contributed by atoms with van der Waals surface area (Å²) in [4.78, 5) is 0. The first-order valence-corrected chi connectivity index (χ1v) is 7.63. The molecule has 0 radical (unpaired) electrons. The molecule has 1 fully saturated rings. The molecule has 1 heterocycles. The van der Waals surface area contributed by atoms with Crippen molar-refractivity contribution in [2.24, 2.45) is 5.41 Å². The maximum atomic E-state index is 14.5. The van der Waals surface area contributed by atoms with E-state index in [-0.39, 0.29) is 12.2 Å². The van der Waals surface area contributed by atoms with Crippen molar-refractivity contribution in [2.45, 2.75) is 11.5 Å². The molecule has 3 nitrogen and oxygen atoms in total. The Morgan fingerprint density at radius 3 is 2.36 bits per heavy atom. The summed E-state index contributed by atoms with van der Waals surface area (Å²) in [5.41, 5.74) is -2.51. The van der Waals surface area contributed by atoms with Crippen molar-refractivity contribution < 1.29 is 13.5 Å². The Morgan fingerprint density at radius 1 is 1.12 bits per heavy atom. The van der Waals surface area contributed by atoms with Crippen molar-refractivity contribution >= 4 is 0 Å². The quantitative estimate of drug-likeness (QED) is 0.790. The monoisotopic (exact) mass is 336 g/mol. The maximum Gasteiger partial charge on any atom is 0.189 e. The summed E-state index contributed by atoms with van der Waals surface area (Å²) >= 11 is 0. The Kier molecular flexibility index (Phi) is 4.12. The van der Waals surface area contributed by atoms with E-state index in [2.05, 4.69) is 6.58 Å². The zero-order chi connectivity index (χ0) is 18.1. The third kappa shape index (κ3) is 2.25. The van der Waals surface area contributed by atoms with E-state index in [9.17, 15) is 19.3 Å². The molecule has 2 aromatic rings. The molecule has 1 saturated heterocycles. The van der Waals surface area contributed by atoms with Crippen LogP contribution in [0, 0.1) is 39.7 Å². The number of nitrogens with zero attached hydrogens (tertiary/aromatic N) is 2. The molecule has 25 heavy (non-hydrogen) atoms. The highest BCUT2D eigenvalue weighted by Crippen LogP contribution is 2.57. The summed E-state index contributed by atoms with van der Waals surface area (Å²) in [7, 11) is 0. The molecule has 0 saturated carbocycles. The largest absolute Gasteiger partial charge is 0.369 e. The van der Waals surface area contributed by atoms with Gasteiger partial charge in [-0.25, -0.2) is 8.78 Å². The fraction of sp³-hybridized carbons (Fsp3) is 0.200. The zero-order valence-corrected chi connectivity index (χ0v) is 13.2. The molecule has 124 valence electrons. The second-order valence-corrected chi connectivity index (χ2v) is 5.93. The third-order valence-corrected chi connectivity index (χ3v) is 4.79. The van der Waals surface area contributed by atoms with E-state index in [4.69, 9.17) is 4.74 Å². The molecule has 3 rings (SSSR count). The van der Waals surface area contributed by atoms with Gasteiger partial charge in [0.25, 0.3) is 0 Å². The molecule has 2 atom stereocenters. The van der Waals surface area contributed by atoms with Crippen LogP contribution in [0.2, 0.25) is 0 Å². The van der Waals surface area contributed by atoms with E-state index >= 15 is 0 Å². The van der Waals surface area contributed by atoms with Crippen LogP contribution < -0.4 is 0 Å². The summed E-state index contributed by atoms with van der Waals surface area (Å²) in [6.45, 7) is 3.62. The highest BCUT2D eigenvalue weighted by Gasteiger charge is 2.64. The van der Waals surface area contributed by atoms with E-state index < -0.39 is 28.6 Å². The number of nitriles is 2. The normalized spacial score (nSPS) is 24.2. The SMILES string of the molecule is C=C[C@@]1(c2ccc(F)cc2F)CO[C@H](c2ccccc2)C1(C#N)C#N. The van der Waals surface area contributed by atoms with Gasteiger partial charge in [-0.15, -0.1) is 6.58 Å². The lowest BCUT2D eigenvalue weighted by Gasteiger charge is -2.35. The summed E-state index contributed by atoms with van der Waals surface area (Å²) in [6, 6.07) is 16.0. The molecule has 0 amide bonds. The lowest BCUT2D eigenvalue weighted by atomic mass is 9.60. The Hall–Kier alpha value is -3.02. The average Bonchev–Trinajstić information content (AvgIpc) is 2.97. The van der Waals surface area contributed by atoms with Gasteiger partial charge in [0.15, 0.2) is 5.41 Å². The fourth-order valence-corrected chi connectivity index (χ4v) is 3.47. The standard InChI is InChI=1S/C20H14F2N2O/c1-2-19(16-9-8-15(21)10-17(16)22)13-25-18(20(19,11-23)12-24)14-6-4-3-5-7-14/h2-10,18H,1,13H2/t18-,19+/m1/s1. The summed E-state index contributed by atoms with van der Waals surface area (Å²) in [6.07, 6.45) is 0.477. The van der Waals surface area contributed by atoms with E-state index in [0.717, 1.165) is 12.1 Å². The summed E-state index contributed by atoms with van der Waals surface area (Å²) in [5, 5.41) is 19.9. The first kappa shape index (κ1) is 16.8. The highest BCUT2D eigenvalue weighted by atomic mass is 19.1. The smallest absolute Gasteiger partial charge is 0.189 e. The van der Waals surface area contributed by atoms with Gasteiger partial charge in [0.05, 0.1) is 24.2 Å². The number of hydrogen-bond donors (Lipinski definition) is 0. The van der Waals surface area contributed by atoms with Crippen LogP contribution in [0.4, 0.5) is 8.78 Å². The fourth-order valence-electron chi connectivity index (χ4n) is 3.47. The van der Waals surface area contributed by atoms with Crippen molar-refractivity contribution in [3.05, 3.63) is 83.9 Å². The molecule has 2 aromatic carbocycles. The molecular formula is C20H14F2N2O. The lowest BCUT2D eigenvalue weighted by Crippen LogP contribution is -2.43. The Balaban J connectivity index is 2.26. The summed E-state index contributed by atoms with van der Waals surface area (Å²) in [5.74, 6) is -1.58. The van der Waals surface area contributed by atoms with Gasteiger partial charge in [0, 0.05) is 11.6 Å². The molecule has 0 spiro atoms. The average molecular weight is 336 g/mol. The Morgan fingerprint density at radius 2 is 1.80 bits per heavy atom. The van der Waals surface area contributed by atoms with Gasteiger partial charge in [-0.1, -0.05) is 42.5 Å². The minimum Gasteiger partial charge on any atom is -0.369 e. The topological polar surface area (TPSA) is 56.8 Å².